The molecule has 24 heavy (non-hydrogen) atoms. The minimum Gasteiger partial charge on any atom is -0.488 e. The van der Waals surface area contributed by atoms with Gasteiger partial charge in [0.1, 0.15) is 6.61 Å². The molecule has 1 fully saturated rings. The quantitative estimate of drug-likeness (QED) is 0.571. The Kier molecular flexibility index (Phi) is 6.25. The van der Waals surface area contributed by atoms with Crippen LogP contribution in [0.1, 0.15) is 19.3 Å². The molecule has 0 aliphatic carbocycles. The highest BCUT2D eigenvalue weighted by Crippen LogP contribution is 2.21. The van der Waals surface area contributed by atoms with E-state index in [4.69, 9.17) is 9.47 Å². The molecule has 0 saturated carbocycles. The maximum atomic E-state index is 13.8. The molecule has 0 atom stereocenters. The van der Waals surface area contributed by atoms with Crippen molar-refractivity contribution >= 4 is 23.4 Å². The monoisotopic (exact) mass is 338 g/mol. The van der Waals surface area contributed by atoms with Gasteiger partial charge in [-0.1, -0.05) is 0 Å². The fraction of sp³-hybridized carbons (Fsp3) is 0.438. The number of carbonyl (C=O) groups is 3. The second kappa shape index (κ2) is 8.39. The zero-order valence-corrected chi connectivity index (χ0v) is 13.3. The van der Waals surface area contributed by atoms with Crippen LogP contribution in [0.5, 0.6) is 5.75 Å². The summed E-state index contributed by atoms with van der Waals surface area (Å²) < 4.78 is 23.8. The van der Waals surface area contributed by atoms with Crippen molar-refractivity contribution in [3.8, 4) is 5.75 Å². The van der Waals surface area contributed by atoms with Crippen molar-refractivity contribution in [2.75, 3.05) is 32.2 Å². The van der Waals surface area contributed by atoms with Crippen molar-refractivity contribution in [3.63, 3.8) is 0 Å². The lowest BCUT2D eigenvalue weighted by Crippen LogP contribution is -2.32. The predicted octanol–water partition coefficient (Wildman–Crippen LogP) is 1.33. The van der Waals surface area contributed by atoms with E-state index in [2.05, 4.69) is 5.32 Å². The smallest absolute Gasteiger partial charge is 0.229 e. The Bertz CT molecular complexity index is 619. The Morgan fingerprint density at radius 1 is 1.25 bits per heavy atom. The van der Waals surface area contributed by atoms with E-state index in [0.29, 0.717) is 6.61 Å². The number of hydrogen-bond donors (Lipinski definition) is 1. The molecule has 1 N–H and O–H groups in total. The lowest BCUT2D eigenvalue weighted by Gasteiger charge is -2.13. The number of nitrogens with one attached hydrogen (secondary N) is 1. The Morgan fingerprint density at radius 3 is 2.58 bits per heavy atom. The maximum Gasteiger partial charge on any atom is 0.229 e. The number of benzene rings is 1. The summed E-state index contributed by atoms with van der Waals surface area (Å²) in [6.07, 6.45) is 0.345. The number of halogens is 1. The maximum absolute atomic E-state index is 13.8. The number of anilines is 1. The zero-order valence-electron chi connectivity index (χ0n) is 13.3. The SMILES string of the molecule is COCCOc1ccc(NC(=O)CCN2C(=O)CCC2=O)cc1F. The van der Waals surface area contributed by atoms with Crippen LogP contribution in [0.2, 0.25) is 0 Å². The van der Waals surface area contributed by atoms with E-state index in [1.165, 1.54) is 19.2 Å². The van der Waals surface area contributed by atoms with E-state index in [0.717, 1.165) is 11.0 Å². The standard InChI is InChI=1S/C16H19FN2O5/c1-23-8-9-24-13-3-2-11(10-12(13)17)18-14(20)6-7-19-15(21)4-5-16(19)22/h2-3,10H,4-9H2,1H3,(H,18,20). The number of imide groups is 1. The second-order valence-electron chi connectivity index (χ2n) is 5.22. The Labute approximate surface area is 138 Å². The number of hydrogen-bond acceptors (Lipinski definition) is 5. The number of carbonyl (C=O) groups excluding carboxylic acids is 3. The van der Waals surface area contributed by atoms with Gasteiger partial charge in [0.05, 0.1) is 6.61 Å². The summed E-state index contributed by atoms with van der Waals surface area (Å²) in [5, 5.41) is 2.52. The van der Waals surface area contributed by atoms with Gasteiger partial charge in [0.25, 0.3) is 0 Å². The Morgan fingerprint density at radius 2 is 1.96 bits per heavy atom. The van der Waals surface area contributed by atoms with Crippen molar-refractivity contribution in [2.24, 2.45) is 0 Å². The Balaban J connectivity index is 1.84. The normalized spacial score (nSPS) is 14.2. The largest absolute Gasteiger partial charge is 0.488 e. The molecule has 130 valence electrons. The molecule has 3 amide bonds. The molecular weight excluding hydrogens is 319 g/mol. The molecule has 1 saturated heterocycles. The average Bonchev–Trinajstić information content (AvgIpc) is 2.86. The van der Waals surface area contributed by atoms with Crippen molar-refractivity contribution in [1.29, 1.82) is 0 Å². The number of amides is 3. The number of methoxy groups -OCH3 is 1. The van der Waals surface area contributed by atoms with Gasteiger partial charge in [0, 0.05) is 44.7 Å². The van der Waals surface area contributed by atoms with Crippen LogP contribution < -0.4 is 10.1 Å². The lowest BCUT2D eigenvalue weighted by molar-refractivity contribution is -0.138. The molecule has 0 spiro atoms. The number of rotatable bonds is 8. The average molecular weight is 338 g/mol. The van der Waals surface area contributed by atoms with Crippen LogP contribution >= 0.6 is 0 Å². The van der Waals surface area contributed by atoms with Crippen LogP contribution in [0, 0.1) is 5.82 Å². The molecule has 0 unspecified atom stereocenters. The zero-order chi connectivity index (χ0) is 17.5. The van der Waals surface area contributed by atoms with Gasteiger partial charge in [-0.2, -0.15) is 0 Å². The molecule has 1 aromatic carbocycles. The molecule has 0 radical (unpaired) electrons. The first kappa shape index (κ1) is 17.9. The number of ether oxygens (including phenoxy) is 2. The molecule has 1 aliphatic heterocycles. The lowest BCUT2D eigenvalue weighted by atomic mass is 10.2. The van der Waals surface area contributed by atoms with E-state index in [1.54, 1.807) is 0 Å². The van der Waals surface area contributed by atoms with Crippen LogP contribution in [0.15, 0.2) is 18.2 Å². The molecular formula is C16H19FN2O5. The van der Waals surface area contributed by atoms with E-state index in [1.807, 2.05) is 0 Å². The van der Waals surface area contributed by atoms with Gasteiger partial charge in [-0.15, -0.1) is 0 Å². The van der Waals surface area contributed by atoms with Crippen molar-refractivity contribution in [1.82, 2.24) is 4.90 Å². The van der Waals surface area contributed by atoms with Gasteiger partial charge in [-0.05, 0) is 12.1 Å². The van der Waals surface area contributed by atoms with E-state index >= 15 is 0 Å². The molecule has 1 aromatic rings. The topological polar surface area (TPSA) is 84.9 Å². The molecule has 0 aromatic heterocycles. The minimum absolute atomic E-state index is 0.0319. The van der Waals surface area contributed by atoms with Gasteiger partial charge >= 0.3 is 0 Å². The number of likely N-dealkylation sites (tertiary alicyclic amines) is 1. The van der Waals surface area contributed by atoms with Crippen molar-refractivity contribution in [3.05, 3.63) is 24.0 Å². The predicted molar refractivity (Wildman–Crippen MR) is 83.0 cm³/mol. The van der Waals surface area contributed by atoms with Crippen LogP contribution in [-0.2, 0) is 19.1 Å². The molecule has 0 bridgehead atoms. The van der Waals surface area contributed by atoms with Gasteiger partial charge < -0.3 is 14.8 Å². The van der Waals surface area contributed by atoms with Gasteiger partial charge in [-0.25, -0.2) is 4.39 Å². The third-order valence-electron chi connectivity index (χ3n) is 3.48. The van der Waals surface area contributed by atoms with Crippen LogP contribution in [0.3, 0.4) is 0 Å². The first-order valence-electron chi connectivity index (χ1n) is 7.55. The molecule has 1 aliphatic rings. The molecule has 2 rings (SSSR count). The van der Waals surface area contributed by atoms with Crippen molar-refractivity contribution < 1.29 is 28.2 Å². The third kappa shape index (κ3) is 4.76. The van der Waals surface area contributed by atoms with Gasteiger partial charge in [0.15, 0.2) is 11.6 Å². The van der Waals surface area contributed by atoms with Gasteiger partial charge in [0.2, 0.25) is 17.7 Å². The first-order chi connectivity index (χ1) is 11.5. The molecule has 7 nitrogen and oxygen atoms in total. The summed E-state index contributed by atoms with van der Waals surface area (Å²) in [5.41, 5.74) is 0.274. The first-order valence-corrected chi connectivity index (χ1v) is 7.55. The van der Waals surface area contributed by atoms with Gasteiger partial charge in [-0.3, -0.25) is 19.3 Å². The van der Waals surface area contributed by atoms with Crippen molar-refractivity contribution in [2.45, 2.75) is 19.3 Å². The summed E-state index contributed by atoms with van der Waals surface area (Å²) in [5.74, 6) is -1.48. The van der Waals surface area contributed by atoms with E-state index in [9.17, 15) is 18.8 Å². The summed E-state index contributed by atoms with van der Waals surface area (Å²) in [4.78, 5) is 35.8. The Hall–Kier alpha value is -2.48. The highest BCUT2D eigenvalue weighted by atomic mass is 19.1. The fourth-order valence-corrected chi connectivity index (χ4v) is 2.24. The minimum atomic E-state index is -0.603. The van der Waals surface area contributed by atoms with E-state index in [-0.39, 0.29) is 55.7 Å². The fourth-order valence-electron chi connectivity index (χ4n) is 2.24. The molecule has 1 heterocycles. The highest BCUT2D eigenvalue weighted by Gasteiger charge is 2.28. The van der Waals surface area contributed by atoms with E-state index < -0.39 is 11.7 Å². The van der Waals surface area contributed by atoms with Crippen LogP contribution in [0.4, 0.5) is 10.1 Å². The summed E-state index contributed by atoms with van der Waals surface area (Å²) in [7, 11) is 1.52. The molecule has 8 heteroatoms. The summed E-state index contributed by atoms with van der Waals surface area (Å²) in [6.45, 7) is 0.590. The summed E-state index contributed by atoms with van der Waals surface area (Å²) in [6, 6.07) is 4.07. The highest BCUT2D eigenvalue weighted by molar-refractivity contribution is 6.02. The number of nitrogens with zero attached hydrogens (tertiary/aromatic N) is 1. The summed E-state index contributed by atoms with van der Waals surface area (Å²) >= 11 is 0. The third-order valence-corrected chi connectivity index (χ3v) is 3.48. The van der Waals surface area contributed by atoms with Crippen LogP contribution in [0.25, 0.3) is 0 Å². The van der Waals surface area contributed by atoms with Crippen LogP contribution in [-0.4, -0.2) is 49.5 Å². The second-order valence-corrected chi connectivity index (χ2v) is 5.22.